The summed E-state index contributed by atoms with van der Waals surface area (Å²) < 4.78 is 27.8. The van der Waals surface area contributed by atoms with Crippen LogP contribution in [-0.2, 0) is 29.0 Å². The number of ether oxygens (including phenoxy) is 3. The Bertz CT molecular complexity index is 2370. The van der Waals surface area contributed by atoms with Crippen LogP contribution in [0.3, 0.4) is 0 Å². The predicted octanol–water partition coefficient (Wildman–Crippen LogP) is 3.51. The number of nitrogens with zero attached hydrogens (tertiary/aromatic N) is 3. The molecular formula is C42H34B3N3O11. The SMILES string of the molecule is N#Cc1ccc(Oc2ccc(B(O)OB(O)c3ccc(Oc4ccc(C#N)cc4)cc3CO)c(CO)c2)cc1.O.[C-]#[N+]c1ccc(Oc2ccc3c(c2)COB3O)cc1. The molecule has 0 bridgehead atoms. The van der Waals surface area contributed by atoms with Crippen molar-refractivity contribution in [1.29, 1.82) is 10.5 Å². The molecule has 292 valence electrons. The van der Waals surface area contributed by atoms with Crippen molar-refractivity contribution in [3.8, 4) is 46.6 Å². The third-order valence-electron chi connectivity index (χ3n) is 8.78. The lowest BCUT2D eigenvalue weighted by atomic mass is 9.69. The lowest BCUT2D eigenvalue weighted by molar-refractivity contribution is 0.275. The molecular weight excluding hydrogens is 755 g/mol. The Morgan fingerprint density at radius 2 is 1.03 bits per heavy atom. The van der Waals surface area contributed by atoms with Crippen LogP contribution >= 0.6 is 0 Å². The summed E-state index contributed by atoms with van der Waals surface area (Å²) in [5.41, 5.74) is 4.35. The van der Waals surface area contributed by atoms with Crippen molar-refractivity contribution in [2.24, 2.45) is 0 Å². The van der Waals surface area contributed by atoms with Crippen molar-refractivity contribution in [3.63, 3.8) is 0 Å². The fourth-order valence-electron chi connectivity index (χ4n) is 5.78. The average molecular weight is 789 g/mol. The molecule has 0 atom stereocenters. The first-order valence-electron chi connectivity index (χ1n) is 17.6. The van der Waals surface area contributed by atoms with E-state index in [1.165, 1.54) is 24.3 Å². The van der Waals surface area contributed by atoms with Crippen LogP contribution in [-0.4, -0.2) is 52.1 Å². The van der Waals surface area contributed by atoms with Crippen molar-refractivity contribution in [3.05, 3.63) is 167 Å². The highest BCUT2D eigenvalue weighted by molar-refractivity contribution is 6.73. The fraction of sp³-hybridized carbons (Fsp3) is 0.0714. The van der Waals surface area contributed by atoms with E-state index in [9.17, 15) is 25.3 Å². The zero-order valence-corrected chi connectivity index (χ0v) is 31.1. The molecule has 1 heterocycles. The normalized spacial score (nSPS) is 11.0. The number of rotatable bonds is 12. The summed E-state index contributed by atoms with van der Waals surface area (Å²) >= 11 is 0. The van der Waals surface area contributed by atoms with E-state index in [1.807, 2.05) is 18.2 Å². The highest BCUT2D eigenvalue weighted by atomic mass is 16.5. The van der Waals surface area contributed by atoms with Gasteiger partial charge in [-0.1, -0.05) is 30.3 Å². The molecule has 14 nitrogen and oxygen atoms in total. The second-order valence-corrected chi connectivity index (χ2v) is 12.6. The predicted molar refractivity (Wildman–Crippen MR) is 219 cm³/mol. The van der Waals surface area contributed by atoms with Gasteiger partial charge in [0.25, 0.3) is 0 Å². The van der Waals surface area contributed by atoms with E-state index in [0.29, 0.717) is 69.0 Å². The molecule has 0 radical (unpaired) electrons. The molecule has 6 aromatic rings. The van der Waals surface area contributed by atoms with Crippen molar-refractivity contribution < 1.29 is 54.2 Å². The van der Waals surface area contributed by atoms with E-state index in [-0.39, 0.29) is 16.4 Å². The number of nitriles is 2. The van der Waals surface area contributed by atoms with Crippen LogP contribution in [0.5, 0.6) is 34.5 Å². The van der Waals surface area contributed by atoms with Crippen LogP contribution in [0.25, 0.3) is 4.85 Å². The highest BCUT2D eigenvalue weighted by Crippen LogP contribution is 2.27. The van der Waals surface area contributed by atoms with Crippen LogP contribution < -0.4 is 30.6 Å². The summed E-state index contributed by atoms with van der Waals surface area (Å²) in [5.74, 6) is 3.11. The molecule has 59 heavy (non-hydrogen) atoms. The monoisotopic (exact) mass is 789 g/mol. The molecule has 0 fully saturated rings. The molecule has 0 saturated heterocycles. The van der Waals surface area contributed by atoms with Crippen LogP contribution in [0.1, 0.15) is 27.8 Å². The van der Waals surface area contributed by atoms with Crippen LogP contribution in [0.2, 0.25) is 0 Å². The zero-order valence-electron chi connectivity index (χ0n) is 31.1. The summed E-state index contributed by atoms with van der Waals surface area (Å²) in [5, 5.41) is 68.4. The van der Waals surface area contributed by atoms with Crippen LogP contribution in [0.15, 0.2) is 127 Å². The Balaban J connectivity index is 0.000000276. The molecule has 0 aromatic heterocycles. The molecule has 0 spiro atoms. The van der Waals surface area contributed by atoms with Gasteiger partial charge in [-0.25, -0.2) is 4.85 Å². The maximum absolute atomic E-state index is 10.7. The topological polar surface area (TPSA) is 231 Å². The lowest BCUT2D eigenvalue weighted by Crippen LogP contribution is -2.47. The van der Waals surface area contributed by atoms with Gasteiger partial charge in [-0.05, 0) is 130 Å². The number of aliphatic hydroxyl groups excluding tert-OH is 2. The number of fused-ring (bicyclic) bond motifs is 1. The van der Waals surface area contributed by atoms with Gasteiger partial charge in [0.15, 0.2) is 5.69 Å². The zero-order chi connectivity index (χ0) is 41.0. The second kappa shape index (κ2) is 20.5. The van der Waals surface area contributed by atoms with Crippen molar-refractivity contribution in [1.82, 2.24) is 0 Å². The summed E-state index contributed by atoms with van der Waals surface area (Å²) in [4.78, 5) is 3.32. The van der Waals surface area contributed by atoms with Gasteiger partial charge >= 0.3 is 21.4 Å². The Morgan fingerprint density at radius 1 is 0.627 bits per heavy atom. The van der Waals surface area contributed by atoms with Crippen LogP contribution in [0.4, 0.5) is 5.69 Å². The van der Waals surface area contributed by atoms with Gasteiger partial charge in [0.2, 0.25) is 0 Å². The van der Waals surface area contributed by atoms with Crippen molar-refractivity contribution in [2.45, 2.75) is 19.8 Å². The number of benzene rings is 6. The second-order valence-electron chi connectivity index (χ2n) is 12.6. The van der Waals surface area contributed by atoms with Gasteiger partial charge in [0, 0.05) is 0 Å². The quantitative estimate of drug-likeness (QED) is 0.0886. The fourth-order valence-corrected chi connectivity index (χ4v) is 5.78. The van der Waals surface area contributed by atoms with Crippen LogP contribution in [0, 0.1) is 29.2 Å². The Hall–Kier alpha value is -6.94. The minimum atomic E-state index is -1.60. The first-order chi connectivity index (χ1) is 28.2. The van der Waals surface area contributed by atoms with Crippen molar-refractivity contribution in [2.75, 3.05) is 0 Å². The summed E-state index contributed by atoms with van der Waals surface area (Å²) in [6, 6.07) is 38.6. The number of hydrogen-bond acceptors (Lipinski definition) is 12. The van der Waals surface area contributed by atoms with E-state index in [0.717, 1.165) is 11.0 Å². The summed E-state index contributed by atoms with van der Waals surface area (Å²) in [7, 11) is -4.04. The minimum absolute atomic E-state index is 0. The largest absolute Gasteiger partial charge is 0.491 e. The van der Waals surface area contributed by atoms with E-state index >= 15 is 0 Å². The number of aliphatic hydroxyl groups is 2. The Labute approximate surface area is 340 Å². The van der Waals surface area contributed by atoms with Gasteiger partial charge in [-0.3, -0.25) is 0 Å². The average Bonchev–Trinajstić information content (AvgIpc) is 3.63. The van der Waals surface area contributed by atoms with Gasteiger partial charge in [-0.2, -0.15) is 10.5 Å². The first-order valence-corrected chi connectivity index (χ1v) is 17.6. The highest BCUT2D eigenvalue weighted by Gasteiger charge is 2.30. The third kappa shape index (κ3) is 11.1. The molecule has 1 aliphatic rings. The molecule has 7 rings (SSSR count). The van der Waals surface area contributed by atoms with E-state index in [4.69, 9.17) is 40.5 Å². The Morgan fingerprint density at radius 3 is 1.46 bits per heavy atom. The lowest BCUT2D eigenvalue weighted by Gasteiger charge is -2.18. The molecule has 17 heteroatoms. The van der Waals surface area contributed by atoms with Gasteiger partial charge in [0.05, 0.1) is 49.7 Å². The van der Waals surface area contributed by atoms with Gasteiger partial charge in [-0.15, -0.1) is 0 Å². The minimum Gasteiger partial charge on any atom is -0.457 e. The maximum atomic E-state index is 10.7. The van der Waals surface area contributed by atoms with Crippen molar-refractivity contribution >= 4 is 43.4 Å². The smallest absolute Gasteiger partial charge is 0.457 e. The molecule has 0 saturated carbocycles. The standard InChI is InChI=1S/C28H22B2N2O7.C14H10BNO3.H2O/c31-15-19-1-5-23(6-2-19)37-25-9-11-27(21(13-25)17-33)29(35)39-30(36)28-12-10-26(14-22(28)18-34)38-24-7-3-20(16-32)4-8-24;1-16-11-2-4-12(5-3-11)19-13-6-7-14-10(8-13)9-18-15(14)17;/h1-14,33-36H,17-18H2;2-8,17H,9H2;1H2. The first kappa shape index (κ1) is 43.2. The van der Waals surface area contributed by atoms with E-state index < -0.39 is 34.6 Å². The molecule has 7 N–H and O–H groups in total. The van der Waals surface area contributed by atoms with E-state index in [2.05, 4.69) is 4.85 Å². The summed E-state index contributed by atoms with van der Waals surface area (Å²) in [6.07, 6.45) is 0. The van der Waals surface area contributed by atoms with E-state index in [1.54, 1.807) is 97.1 Å². The molecule has 1 aliphatic heterocycles. The maximum Gasteiger partial charge on any atom is 0.491 e. The Kier molecular flexibility index (Phi) is 15.0. The molecule has 0 aliphatic carbocycles. The molecule has 0 amide bonds. The summed E-state index contributed by atoms with van der Waals surface area (Å²) in [6.45, 7) is 6.42. The van der Waals surface area contributed by atoms with Gasteiger partial charge in [0.1, 0.15) is 34.5 Å². The van der Waals surface area contributed by atoms with Gasteiger partial charge < -0.3 is 54.2 Å². The molecule has 6 aromatic carbocycles. The number of hydrogen-bond donors (Lipinski definition) is 5. The third-order valence-corrected chi connectivity index (χ3v) is 8.78. The molecule has 0 unspecified atom stereocenters.